The van der Waals surface area contributed by atoms with Gasteiger partial charge in [-0.3, -0.25) is 4.79 Å². The lowest BCUT2D eigenvalue weighted by Gasteiger charge is -2.36. The molecule has 1 saturated heterocycles. The van der Waals surface area contributed by atoms with E-state index in [1.165, 1.54) is 6.07 Å². The quantitative estimate of drug-likeness (QED) is 0.811. The molecule has 1 aliphatic heterocycles. The number of hydrogen-bond donors (Lipinski definition) is 0. The van der Waals surface area contributed by atoms with E-state index in [-0.39, 0.29) is 5.82 Å². The number of hydrogen-bond acceptors (Lipinski definition) is 4. The summed E-state index contributed by atoms with van der Waals surface area (Å²) in [4.78, 5) is 19.2. The highest BCUT2D eigenvalue weighted by atomic mass is 19.1. The highest BCUT2D eigenvalue weighted by Crippen LogP contribution is 2.22. The van der Waals surface area contributed by atoms with Gasteiger partial charge in [0.15, 0.2) is 0 Å². The number of aromatic nitrogens is 1. The second-order valence-electron chi connectivity index (χ2n) is 4.99. The van der Waals surface area contributed by atoms with Crippen LogP contribution in [0.2, 0.25) is 0 Å². The summed E-state index contributed by atoms with van der Waals surface area (Å²) in [5, 5.41) is 0. The Morgan fingerprint density at radius 1 is 1.05 bits per heavy atom. The van der Waals surface area contributed by atoms with Crippen LogP contribution < -0.4 is 9.80 Å². The zero-order valence-corrected chi connectivity index (χ0v) is 11.6. The van der Waals surface area contributed by atoms with Gasteiger partial charge in [0.1, 0.15) is 17.9 Å². The first-order valence-corrected chi connectivity index (χ1v) is 6.93. The Balaban J connectivity index is 1.70. The van der Waals surface area contributed by atoms with Crippen LogP contribution in [0, 0.1) is 5.82 Å². The Morgan fingerprint density at radius 2 is 1.81 bits per heavy atom. The molecule has 0 saturated carbocycles. The summed E-state index contributed by atoms with van der Waals surface area (Å²) in [5.41, 5.74) is 0.921. The first-order chi connectivity index (χ1) is 10.3. The third-order valence-electron chi connectivity index (χ3n) is 3.70. The Morgan fingerprint density at radius 3 is 2.43 bits per heavy atom. The molecule has 4 nitrogen and oxygen atoms in total. The summed E-state index contributed by atoms with van der Waals surface area (Å²) in [7, 11) is 0. The Bertz CT molecular complexity index is 625. The molecule has 2 aromatic rings. The van der Waals surface area contributed by atoms with E-state index >= 15 is 0 Å². The minimum Gasteiger partial charge on any atom is -0.366 e. The standard InChI is InChI=1S/C16H16FN3O/c17-14-11-13(12-21)4-5-15(14)19-7-9-20(10-8-19)16-3-1-2-6-18-16/h1-6,11-12H,7-10H2. The van der Waals surface area contributed by atoms with Gasteiger partial charge in [-0.15, -0.1) is 0 Å². The molecule has 0 amide bonds. The molecule has 3 rings (SSSR count). The zero-order chi connectivity index (χ0) is 14.7. The average Bonchev–Trinajstić information content (AvgIpc) is 2.56. The number of benzene rings is 1. The largest absolute Gasteiger partial charge is 0.366 e. The minimum atomic E-state index is -0.342. The van der Waals surface area contributed by atoms with Crippen molar-refractivity contribution in [1.29, 1.82) is 0 Å². The monoisotopic (exact) mass is 285 g/mol. The predicted molar refractivity (Wildman–Crippen MR) is 80.5 cm³/mol. The van der Waals surface area contributed by atoms with Gasteiger partial charge >= 0.3 is 0 Å². The van der Waals surface area contributed by atoms with Crippen LogP contribution in [0.15, 0.2) is 42.6 Å². The molecule has 5 heteroatoms. The number of piperazine rings is 1. The lowest BCUT2D eigenvalue weighted by atomic mass is 10.2. The molecule has 0 aliphatic carbocycles. The normalized spacial score (nSPS) is 15.1. The van der Waals surface area contributed by atoms with Gasteiger partial charge in [0.05, 0.1) is 5.69 Å². The molecular formula is C16H16FN3O. The summed E-state index contributed by atoms with van der Waals surface area (Å²) in [6, 6.07) is 10.4. The molecule has 2 heterocycles. The van der Waals surface area contributed by atoms with Gasteiger partial charge in [-0.1, -0.05) is 6.07 Å². The zero-order valence-electron chi connectivity index (χ0n) is 11.6. The molecule has 0 atom stereocenters. The number of carbonyl (C=O) groups is 1. The van der Waals surface area contributed by atoms with E-state index in [0.717, 1.165) is 32.0 Å². The maximum Gasteiger partial charge on any atom is 0.150 e. The van der Waals surface area contributed by atoms with E-state index in [1.54, 1.807) is 18.3 Å². The topological polar surface area (TPSA) is 36.4 Å². The van der Waals surface area contributed by atoms with E-state index < -0.39 is 0 Å². The van der Waals surface area contributed by atoms with Crippen molar-refractivity contribution in [3.8, 4) is 0 Å². The van der Waals surface area contributed by atoms with Crippen LogP contribution in [0.5, 0.6) is 0 Å². The molecule has 0 bridgehead atoms. The average molecular weight is 285 g/mol. The van der Waals surface area contributed by atoms with Crippen LogP contribution in [-0.2, 0) is 0 Å². The van der Waals surface area contributed by atoms with Gasteiger partial charge in [-0.05, 0) is 30.3 Å². The van der Waals surface area contributed by atoms with E-state index in [0.29, 0.717) is 17.5 Å². The van der Waals surface area contributed by atoms with E-state index in [2.05, 4.69) is 9.88 Å². The van der Waals surface area contributed by atoms with Gasteiger partial charge in [-0.2, -0.15) is 0 Å². The van der Waals surface area contributed by atoms with E-state index in [4.69, 9.17) is 0 Å². The van der Waals surface area contributed by atoms with Gasteiger partial charge in [0.2, 0.25) is 0 Å². The van der Waals surface area contributed by atoms with Crippen LogP contribution in [0.4, 0.5) is 15.9 Å². The summed E-state index contributed by atoms with van der Waals surface area (Å²) in [5.74, 6) is 0.611. The summed E-state index contributed by atoms with van der Waals surface area (Å²) in [6.45, 7) is 3.06. The van der Waals surface area contributed by atoms with Crippen LogP contribution >= 0.6 is 0 Å². The molecule has 1 fully saturated rings. The number of aldehydes is 1. The third-order valence-corrected chi connectivity index (χ3v) is 3.70. The highest BCUT2D eigenvalue weighted by molar-refractivity contribution is 5.76. The third kappa shape index (κ3) is 2.86. The lowest BCUT2D eigenvalue weighted by molar-refractivity contribution is 0.112. The van der Waals surface area contributed by atoms with Crippen molar-refractivity contribution < 1.29 is 9.18 Å². The van der Waals surface area contributed by atoms with Crippen LogP contribution in [0.1, 0.15) is 10.4 Å². The number of pyridine rings is 1. The smallest absolute Gasteiger partial charge is 0.150 e. The maximum absolute atomic E-state index is 14.0. The van der Waals surface area contributed by atoms with Crippen molar-refractivity contribution in [1.82, 2.24) is 4.98 Å². The molecule has 0 radical (unpaired) electrons. The molecule has 0 spiro atoms. The fraction of sp³-hybridized carbons (Fsp3) is 0.250. The Hall–Kier alpha value is -2.43. The second-order valence-corrected chi connectivity index (χ2v) is 4.99. The van der Waals surface area contributed by atoms with Crippen LogP contribution in [0.25, 0.3) is 0 Å². The van der Waals surface area contributed by atoms with Gasteiger partial charge in [0, 0.05) is 37.9 Å². The maximum atomic E-state index is 14.0. The van der Waals surface area contributed by atoms with Crippen molar-refractivity contribution in [2.75, 3.05) is 36.0 Å². The molecule has 1 aliphatic rings. The van der Waals surface area contributed by atoms with Gasteiger partial charge in [0.25, 0.3) is 0 Å². The van der Waals surface area contributed by atoms with Crippen molar-refractivity contribution in [2.45, 2.75) is 0 Å². The summed E-state index contributed by atoms with van der Waals surface area (Å²) >= 11 is 0. The molecule has 0 N–H and O–H groups in total. The number of anilines is 2. The number of nitrogens with zero attached hydrogens (tertiary/aromatic N) is 3. The van der Waals surface area contributed by atoms with Crippen LogP contribution in [0.3, 0.4) is 0 Å². The van der Waals surface area contributed by atoms with Gasteiger partial charge < -0.3 is 9.80 Å². The van der Waals surface area contributed by atoms with Crippen molar-refractivity contribution >= 4 is 17.8 Å². The first kappa shape index (κ1) is 13.5. The van der Waals surface area contributed by atoms with Crippen molar-refractivity contribution in [3.63, 3.8) is 0 Å². The molecular weight excluding hydrogens is 269 g/mol. The highest BCUT2D eigenvalue weighted by Gasteiger charge is 2.20. The molecule has 1 aromatic carbocycles. The SMILES string of the molecule is O=Cc1ccc(N2CCN(c3ccccn3)CC2)c(F)c1. The molecule has 21 heavy (non-hydrogen) atoms. The minimum absolute atomic E-state index is 0.342. The Labute approximate surface area is 122 Å². The predicted octanol–water partition coefficient (Wildman–Crippen LogP) is 2.36. The fourth-order valence-electron chi connectivity index (χ4n) is 2.57. The summed E-state index contributed by atoms with van der Waals surface area (Å²) in [6.07, 6.45) is 2.44. The molecule has 0 unspecified atom stereocenters. The molecule has 108 valence electrons. The molecule has 1 aromatic heterocycles. The van der Waals surface area contributed by atoms with Gasteiger partial charge in [-0.25, -0.2) is 9.37 Å². The van der Waals surface area contributed by atoms with Crippen molar-refractivity contribution in [3.05, 3.63) is 54.0 Å². The first-order valence-electron chi connectivity index (χ1n) is 6.93. The summed E-state index contributed by atoms with van der Waals surface area (Å²) < 4.78 is 14.0. The lowest BCUT2D eigenvalue weighted by Crippen LogP contribution is -2.47. The Kier molecular flexibility index (Phi) is 3.81. The van der Waals surface area contributed by atoms with E-state index in [1.807, 2.05) is 23.1 Å². The van der Waals surface area contributed by atoms with E-state index in [9.17, 15) is 9.18 Å². The second kappa shape index (κ2) is 5.91. The fourth-order valence-corrected chi connectivity index (χ4v) is 2.57. The van der Waals surface area contributed by atoms with Crippen LogP contribution in [-0.4, -0.2) is 37.4 Å². The number of rotatable bonds is 3. The number of carbonyl (C=O) groups excluding carboxylic acids is 1. The van der Waals surface area contributed by atoms with Crippen molar-refractivity contribution in [2.24, 2.45) is 0 Å². The number of halogens is 1.